The monoisotopic (exact) mass is 509 g/mol. The van der Waals surface area contributed by atoms with E-state index in [0.29, 0.717) is 5.69 Å². The van der Waals surface area contributed by atoms with E-state index in [9.17, 15) is 9.59 Å². The number of aryl methyl sites for hydroxylation is 2. The first kappa shape index (κ1) is 25.0. The van der Waals surface area contributed by atoms with E-state index in [-0.39, 0.29) is 5.56 Å². The van der Waals surface area contributed by atoms with Gasteiger partial charge in [-0.25, -0.2) is 4.79 Å². The Labute approximate surface area is 216 Å². The Morgan fingerprint density at radius 3 is 2.56 bits per heavy atom. The third kappa shape index (κ3) is 4.16. The number of aromatic nitrogens is 1. The molecule has 6 nitrogen and oxygen atoms in total. The van der Waals surface area contributed by atoms with Crippen molar-refractivity contribution in [3.63, 3.8) is 0 Å². The van der Waals surface area contributed by atoms with E-state index >= 15 is 0 Å². The topological polar surface area (TPSA) is 66.8 Å². The van der Waals surface area contributed by atoms with Gasteiger partial charge in [-0.2, -0.15) is 0 Å². The number of fused-ring (bicyclic) bond motifs is 4. The molecule has 1 atom stereocenters. The highest BCUT2D eigenvalue weighted by Crippen LogP contribution is 2.46. The van der Waals surface area contributed by atoms with Crippen LogP contribution in [0.3, 0.4) is 0 Å². The number of hydrogen-bond donors (Lipinski definition) is 0. The molecular formula is C29H35NO5S. The fourth-order valence-corrected chi connectivity index (χ4v) is 7.05. The first-order valence-electron chi connectivity index (χ1n) is 12.8. The Morgan fingerprint density at radius 2 is 1.83 bits per heavy atom. The van der Waals surface area contributed by atoms with Gasteiger partial charge >= 0.3 is 5.97 Å². The lowest BCUT2D eigenvalue weighted by atomic mass is 9.86. The van der Waals surface area contributed by atoms with Crippen LogP contribution in [0, 0.1) is 6.92 Å². The average molecular weight is 510 g/mol. The number of esters is 1. The van der Waals surface area contributed by atoms with Gasteiger partial charge in [0.1, 0.15) is 10.4 Å². The molecule has 1 aromatic carbocycles. The minimum absolute atomic E-state index is 0.0893. The number of benzene rings is 1. The number of methoxy groups -OCH3 is 1. The number of nitrogens with zero attached hydrogens (tertiary/aromatic N) is 1. The normalized spacial score (nSPS) is 16.3. The van der Waals surface area contributed by atoms with E-state index in [1.807, 2.05) is 26.8 Å². The third-order valence-electron chi connectivity index (χ3n) is 7.33. The molecule has 0 fully saturated rings. The summed E-state index contributed by atoms with van der Waals surface area (Å²) >= 11 is 1.62. The summed E-state index contributed by atoms with van der Waals surface area (Å²) in [5.41, 5.74) is 5.35. The second-order valence-electron chi connectivity index (χ2n) is 10.8. The fraction of sp³-hybridized carbons (Fsp3) is 0.517. The SMILES string of the molecule is COC(=O)C(OC(C)(C)C)c1c(-c2ccc3c(c2C)CCCO3)c2c3c(sc2c(=O)n1C)CCCC3. The van der Waals surface area contributed by atoms with E-state index in [2.05, 4.69) is 13.0 Å². The lowest BCUT2D eigenvalue weighted by Gasteiger charge is -2.30. The number of carbonyl (C=O) groups is 1. The van der Waals surface area contributed by atoms with Gasteiger partial charge in [-0.1, -0.05) is 6.07 Å². The van der Waals surface area contributed by atoms with E-state index < -0.39 is 17.7 Å². The molecule has 36 heavy (non-hydrogen) atoms. The molecule has 0 saturated heterocycles. The van der Waals surface area contributed by atoms with Crippen LogP contribution >= 0.6 is 11.3 Å². The second-order valence-corrected chi connectivity index (χ2v) is 11.9. The second kappa shape index (κ2) is 9.34. The van der Waals surface area contributed by atoms with Crippen LogP contribution in [0.4, 0.5) is 0 Å². The number of thiophene rings is 1. The Hall–Kier alpha value is -2.64. The molecule has 7 heteroatoms. The predicted octanol–water partition coefficient (Wildman–Crippen LogP) is 5.81. The van der Waals surface area contributed by atoms with Gasteiger partial charge in [0.25, 0.3) is 5.56 Å². The quantitative estimate of drug-likeness (QED) is 0.415. The van der Waals surface area contributed by atoms with Crippen LogP contribution in [0.25, 0.3) is 21.2 Å². The first-order chi connectivity index (χ1) is 17.1. The number of hydrogen-bond acceptors (Lipinski definition) is 6. The molecular weight excluding hydrogens is 474 g/mol. The maximum Gasteiger partial charge on any atom is 0.341 e. The van der Waals surface area contributed by atoms with Crippen LogP contribution < -0.4 is 10.3 Å². The van der Waals surface area contributed by atoms with E-state index in [1.165, 1.54) is 23.1 Å². The molecule has 0 radical (unpaired) electrons. The van der Waals surface area contributed by atoms with Crippen molar-refractivity contribution in [1.82, 2.24) is 4.57 Å². The highest BCUT2D eigenvalue weighted by molar-refractivity contribution is 7.19. The molecule has 1 unspecified atom stereocenters. The van der Waals surface area contributed by atoms with Gasteiger partial charge < -0.3 is 18.8 Å². The fourth-order valence-electron chi connectivity index (χ4n) is 5.67. The molecule has 3 heterocycles. The molecule has 5 rings (SSSR count). The highest BCUT2D eigenvalue weighted by atomic mass is 32.1. The van der Waals surface area contributed by atoms with Crippen molar-refractivity contribution in [2.45, 2.75) is 77.9 Å². The van der Waals surface area contributed by atoms with Crippen LogP contribution in [0.15, 0.2) is 16.9 Å². The highest BCUT2D eigenvalue weighted by Gasteiger charge is 2.36. The van der Waals surface area contributed by atoms with Crippen molar-refractivity contribution in [3.05, 3.63) is 49.7 Å². The zero-order valence-corrected chi connectivity index (χ0v) is 22.9. The van der Waals surface area contributed by atoms with Crippen molar-refractivity contribution < 1.29 is 19.0 Å². The summed E-state index contributed by atoms with van der Waals surface area (Å²) in [6.07, 6.45) is 5.03. The third-order valence-corrected chi connectivity index (χ3v) is 8.61. The van der Waals surface area contributed by atoms with Crippen LogP contribution in [-0.2, 0) is 40.6 Å². The first-order valence-corrected chi connectivity index (χ1v) is 13.6. The Kier molecular flexibility index (Phi) is 6.50. The summed E-state index contributed by atoms with van der Waals surface area (Å²) < 4.78 is 19.9. The maximum atomic E-state index is 13.8. The molecule has 0 N–H and O–H groups in total. The number of rotatable bonds is 4. The number of carbonyl (C=O) groups excluding carboxylic acids is 1. The van der Waals surface area contributed by atoms with Gasteiger partial charge in [0, 0.05) is 22.9 Å². The van der Waals surface area contributed by atoms with Crippen molar-refractivity contribution in [2.75, 3.05) is 13.7 Å². The molecule has 3 aromatic rings. The Morgan fingerprint density at radius 1 is 1.11 bits per heavy atom. The van der Waals surface area contributed by atoms with Gasteiger partial charge in [-0.3, -0.25) is 4.79 Å². The standard InChI is InChI=1S/C29H35NO5S/c1-16-17-11-9-15-34-20(17)14-13-18(16)22-23-19-10-7-8-12-21(19)36-26(23)27(31)30(5)24(22)25(28(32)33-6)35-29(2,3)4/h13-14,25H,7-12,15H2,1-6H3. The average Bonchev–Trinajstić information content (AvgIpc) is 3.24. The van der Waals surface area contributed by atoms with E-state index in [0.717, 1.165) is 77.7 Å². The minimum atomic E-state index is -1.04. The van der Waals surface area contributed by atoms with Gasteiger partial charge in [-0.05, 0) is 94.5 Å². The van der Waals surface area contributed by atoms with Crippen LogP contribution in [0.1, 0.15) is 73.4 Å². The number of pyridine rings is 1. The van der Waals surface area contributed by atoms with Crippen molar-refractivity contribution in [1.29, 1.82) is 0 Å². The van der Waals surface area contributed by atoms with Crippen molar-refractivity contribution in [3.8, 4) is 16.9 Å². The van der Waals surface area contributed by atoms with E-state index in [1.54, 1.807) is 23.0 Å². The van der Waals surface area contributed by atoms with E-state index in [4.69, 9.17) is 14.2 Å². The summed E-state index contributed by atoms with van der Waals surface area (Å²) in [5, 5.41) is 0.985. The van der Waals surface area contributed by atoms with Crippen LogP contribution in [0.2, 0.25) is 0 Å². The molecule has 2 aliphatic rings. The van der Waals surface area contributed by atoms with Crippen molar-refractivity contribution in [2.24, 2.45) is 7.05 Å². The molecule has 1 aliphatic heterocycles. The van der Waals surface area contributed by atoms with Gasteiger partial charge in [0.15, 0.2) is 6.10 Å². The molecule has 0 bridgehead atoms. The molecule has 0 spiro atoms. The van der Waals surface area contributed by atoms with Gasteiger partial charge in [-0.15, -0.1) is 11.3 Å². The summed E-state index contributed by atoms with van der Waals surface area (Å²) in [6, 6.07) is 4.12. The smallest absolute Gasteiger partial charge is 0.341 e. The summed E-state index contributed by atoms with van der Waals surface area (Å²) in [5.74, 6) is 0.413. The molecule has 0 saturated carbocycles. The van der Waals surface area contributed by atoms with Gasteiger partial charge in [0.05, 0.1) is 25.0 Å². The Balaban J connectivity index is 1.92. The van der Waals surface area contributed by atoms with Crippen LogP contribution in [-0.4, -0.2) is 29.9 Å². The maximum absolute atomic E-state index is 13.8. The lowest BCUT2D eigenvalue weighted by Crippen LogP contribution is -2.33. The molecule has 2 aromatic heterocycles. The predicted molar refractivity (Wildman–Crippen MR) is 143 cm³/mol. The summed E-state index contributed by atoms with van der Waals surface area (Å²) in [7, 11) is 3.11. The summed E-state index contributed by atoms with van der Waals surface area (Å²) in [6.45, 7) is 8.58. The van der Waals surface area contributed by atoms with Crippen molar-refractivity contribution >= 4 is 27.4 Å². The van der Waals surface area contributed by atoms with Crippen LogP contribution in [0.5, 0.6) is 5.75 Å². The molecule has 1 aliphatic carbocycles. The van der Waals surface area contributed by atoms with Gasteiger partial charge in [0.2, 0.25) is 0 Å². The zero-order valence-electron chi connectivity index (χ0n) is 22.1. The molecule has 0 amide bonds. The lowest BCUT2D eigenvalue weighted by molar-refractivity contribution is -0.165. The number of ether oxygens (including phenoxy) is 3. The minimum Gasteiger partial charge on any atom is -0.493 e. The zero-order chi connectivity index (χ0) is 25.8. The molecule has 192 valence electrons. The Bertz CT molecular complexity index is 1410. The largest absolute Gasteiger partial charge is 0.493 e. The summed E-state index contributed by atoms with van der Waals surface area (Å²) in [4.78, 5) is 28.3.